The highest BCUT2D eigenvalue weighted by Gasteiger charge is 2.37. The lowest BCUT2D eigenvalue weighted by atomic mass is 10.1. The van der Waals surface area contributed by atoms with Gasteiger partial charge in [-0.15, -0.1) is 0 Å². The Morgan fingerprint density at radius 3 is 2.39 bits per heavy atom. The Balaban J connectivity index is 1.59. The van der Waals surface area contributed by atoms with Crippen LogP contribution in [0, 0.1) is 20.8 Å². The van der Waals surface area contributed by atoms with E-state index in [9.17, 15) is 19.2 Å². The third-order valence-electron chi connectivity index (χ3n) is 6.29. The number of amides is 5. The Bertz CT molecular complexity index is 1600. The van der Waals surface area contributed by atoms with Gasteiger partial charge >= 0.3 is 6.03 Å². The summed E-state index contributed by atoms with van der Waals surface area (Å²) in [6.45, 7) is 7.30. The van der Waals surface area contributed by atoms with Crippen LogP contribution in [0.5, 0.6) is 11.5 Å². The fraction of sp³-hybridized carbons (Fsp3) is 0.200. The van der Waals surface area contributed by atoms with Gasteiger partial charge in [-0.3, -0.25) is 19.7 Å². The maximum Gasteiger partial charge on any atom is 0.335 e. The van der Waals surface area contributed by atoms with Gasteiger partial charge in [0.2, 0.25) is 0 Å². The number of nitrogens with zero attached hydrogens (tertiary/aromatic N) is 1. The van der Waals surface area contributed by atoms with Gasteiger partial charge in [-0.2, -0.15) is 0 Å². The number of rotatable bonds is 8. The van der Waals surface area contributed by atoms with E-state index in [-0.39, 0.29) is 41.0 Å². The van der Waals surface area contributed by atoms with Crippen molar-refractivity contribution >= 4 is 64.4 Å². The van der Waals surface area contributed by atoms with Gasteiger partial charge in [-0.25, -0.2) is 9.69 Å². The third-order valence-corrected chi connectivity index (χ3v) is 6.81. The minimum Gasteiger partial charge on any atom is -0.490 e. The first-order valence-electron chi connectivity index (χ1n) is 12.6. The predicted octanol–water partition coefficient (Wildman–Crippen LogP) is 6.00. The smallest absolute Gasteiger partial charge is 0.335 e. The van der Waals surface area contributed by atoms with Crippen molar-refractivity contribution in [1.82, 2.24) is 5.32 Å². The van der Waals surface area contributed by atoms with Crippen molar-refractivity contribution in [2.45, 2.75) is 27.7 Å². The highest BCUT2D eigenvalue weighted by Crippen LogP contribution is 2.38. The standard InChI is InChI=1S/C30H27Cl2N3O6/c1-5-40-25-13-19(12-23(32)27(25)41-15-26(36)33-21-9-7-16(2)18(4)10-21)11-22-28(37)34-30(39)35(29(22)38)24-14-20(31)8-6-17(24)3/h6-14H,5,15H2,1-4H3,(H,33,36)(H,34,37,39)/b22-11+. The molecule has 0 saturated carbocycles. The highest BCUT2D eigenvalue weighted by molar-refractivity contribution is 6.40. The molecule has 0 unspecified atom stereocenters. The second-order valence-electron chi connectivity index (χ2n) is 9.29. The predicted molar refractivity (Wildman–Crippen MR) is 158 cm³/mol. The molecule has 11 heteroatoms. The molecule has 1 aliphatic heterocycles. The van der Waals surface area contributed by atoms with E-state index < -0.39 is 23.8 Å². The summed E-state index contributed by atoms with van der Waals surface area (Å²) < 4.78 is 11.4. The van der Waals surface area contributed by atoms with Gasteiger partial charge in [-0.05, 0) is 92.4 Å². The molecular weight excluding hydrogens is 569 g/mol. The fourth-order valence-electron chi connectivity index (χ4n) is 4.09. The van der Waals surface area contributed by atoms with Crippen LogP contribution in [0.25, 0.3) is 6.08 Å². The maximum atomic E-state index is 13.3. The lowest BCUT2D eigenvalue weighted by Gasteiger charge is -2.27. The van der Waals surface area contributed by atoms with Crippen LogP contribution in [0.15, 0.2) is 54.1 Å². The Morgan fingerprint density at radius 1 is 0.951 bits per heavy atom. The zero-order valence-electron chi connectivity index (χ0n) is 22.8. The molecule has 0 spiro atoms. The molecule has 1 fully saturated rings. The number of ether oxygens (including phenoxy) is 2. The van der Waals surface area contributed by atoms with E-state index >= 15 is 0 Å². The van der Waals surface area contributed by atoms with Crippen LogP contribution in [0.2, 0.25) is 10.0 Å². The number of carbonyl (C=O) groups is 4. The average molecular weight is 596 g/mol. The van der Waals surface area contributed by atoms with E-state index in [0.717, 1.165) is 16.0 Å². The molecule has 0 aromatic heterocycles. The Labute approximate surface area is 247 Å². The lowest BCUT2D eigenvalue weighted by Crippen LogP contribution is -2.54. The van der Waals surface area contributed by atoms with Crippen LogP contribution < -0.4 is 25.0 Å². The van der Waals surface area contributed by atoms with E-state index in [4.69, 9.17) is 32.7 Å². The molecule has 1 saturated heterocycles. The van der Waals surface area contributed by atoms with Crippen molar-refractivity contribution in [2.75, 3.05) is 23.4 Å². The SMILES string of the molecule is CCOc1cc(/C=C2\C(=O)NC(=O)N(c3cc(Cl)ccc3C)C2=O)cc(Cl)c1OCC(=O)Nc1ccc(C)c(C)c1. The van der Waals surface area contributed by atoms with Crippen LogP contribution in [0.1, 0.15) is 29.2 Å². The molecule has 9 nitrogen and oxygen atoms in total. The average Bonchev–Trinajstić information content (AvgIpc) is 2.90. The van der Waals surface area contributed by atoms with Crippen molar-refractivity contribution in [2.24, 2.45) is 0 Å². The number of carbonyl (C=O) groups excluding carboxylic acids is 4. The largest absolute Gasteiger partial charge is 0.490 e. The van der Waals surface area contributed by atoms with Gasteiger partial charge in [0.15, 0.2) is 18.1 Å². The summed E-state index contributed by atoms with van der Waals surface area (Å²) in [6.07, 6.45) is 1.29. The molecule has 212 valence electrons. The van der Waals surface area contributed by atoms with E-state index in [1.807, 2.05) is 26.0 Å². The maximum absolute atomic E-state index is 13.3. The number of hydrogen-bond donors (Lipinski definition) is 2. The molecule has 3 aromatic rings. The van der Waals surface area contributed by atoms with Crippen molar-refractivity contribution in [3.8, 4) is 11.5 Å². The number of hydrogen-bond acceptors (Lipinski definition) is 6. The van der Waals surface area contributed by atoms with Crippen molar-refractivity contribution in [3.05, 3.63) is 86.4 Å². The first-order valence-corrected chi connectivity index (χ1v) is 13.4. The molecule has 4 rings (SSSR count). The number of halogens is 2. The van der Waals surface area contributed by atoms with Crippen LogP contribution >= 0.6 is 23.2 Å². The number of imide groups is 2. The van der Waals surface area contributed by atoms with Gasteiger partial charge in [0, 0.05) is 10.7 Å². The van der Waals surface area contributed by atoms with Crippen LogP contribution in [0.4, 0.5) is 16.2 Å². The summed E-state index contributed by atoms with van der Waals surface area (Å²) in [6, 6.07) is 12.4. The normalized spacial score (nSPS) is 14.2. The molecule has 0 radical (unpaired) electrons. The summed E-state index contributed by atoms with van der Waals surface area (Å²) in [5, 5.41) is 5.36. The quantitative estimate of drug-likeness (QED) is 0.244. The number of aryl methyl sites for hydroxylation is 3. The molecule has 0 bridgehead atoms. The summed E-state index contributed by atoms with van der Waals surface area (Å²) in [7, 11) is 0. The molecule has 1 heterocycles. The topological polar surface area (TPSA) is 114 Å². The van der Waals surface area contributed by atoms with Crippen molar-refractivity contribution < 1.29 is 28.7 Å². The van der Waals surface area contributed by atoms with Crippen LogP contribution in [0.3, 0.4) is 0 Å². The molecule has 41 heavy (non-hydrogen) atoms. The monoisotopic (exact) mass is 595 g/mol. The number of barbiturate groups is 1. The third kappa shape index (κ3) is 6.70. The summed E-state index contributed by atoms with van der Waals surface area (Å²) in [5.74, 6) is -1.77. The molecule has 0 aliphatic carbocycles. The number of urea groups is 1. The highest BCUT2D eigenvalue weighted by atomic mass is 35.5. The number of benzene rings is 3. The van der Waals surface area contributed by atoms with Gasteiger partial charge in [0.05, 0.1) is 17.3 Å². The van der Waals surface area contributed by atoms with E-state index in [2.05, 4.69) is 10.6 Å². The van der Waals surface area contributed by atoms with E-state index in [1.54, 1.807) is 32.0 Å². The number of nitrogens with one attached hydrogen (secondary N) is 2. The molecular formula is C30H27Cl2N3O6. The zero-order chi connectivity index (χ0) is 29.8. The van der Waals surface area contributed by atoms with Crippen LogP contribution in [-0.2, 0) is 14.4 Å². The van der Waals surface area contributed by atoms with E-state index in [1.165, 1.54) is 24.3 Å². The summed E-state index contributed by atoms with van der Waals surface area (Å²) in [5.41, 5.74) is 3.66. The van der Waals surface area contributed by atoms with Crippen molar-refractivity contribution in [3.63, 3.8) is 0 Å². The molecule has 2 N–H and O–H groups in total. The first-order chi connectivity index (χ1) is 19.5. The van der Waals surface area contributed by atoms with E-state index in [0.29, 0.717) is 21.8 Å². The van der Waals surface area contributed by atoms with Gasteiger partial charge < -0.3 is 14.8 Å². The summed E-state index contributed by atoms with van der Waals surface area (Å²) in [4.78, 5) is 52.0. The second kappa shape index (κ2) is 12.4. The number of anilines is 2. The molecule has 3 aromatic carbocycles. The molecule has 1 aliphatic rings. The summed E-state index contributed by atoms with van der Waals surface area (Å²) >= 11 is 12.6. The Morgan fingerprint density at radius 2 is 1.68 bits per heavy atom. The molecule has 0 atom stereocenters. The Kier molecular flexibility index (Phi) is 9.00. The zero-order valence-corrected chi connectivity index (χ0v) is 24.3. The first kappa shape index (κ1) is 29.6. The Hall–Kier alpha value is -4.34. The van der Waals surface area contributed by atoms with Crippen LogP contribution in [-0.4, -0.2) is 37.0 Å². The lowest BCUT2D eigenvalue weighted by molar-refractivity contribution is -0.122. The van der Waals surface area contributed by atoms with Crippen molar-refractivity contribution in [1.29, 1.82) is 0 Å². The van der Waals surface area contributed by atoms with Gasteiger partial charge in [0.25, 0.3) is 17.7 Å². The minimum atomic E-state index is -0.890. The molecule has 5 amide bonds. The minimum absolute atomic E-state index is 0.0871. The fourth-order valence-corrected chi connectivity index (χ4v) is 4.53. The van der Waals surface area contributed by atoms with Gasteiger partial charge in [-0.1, -0.05) is 35.3 Å². The second-order valence-corrected chi connectivity index (χ2v) is 10.1. The van der Waals surface area contributed by atoms with Gasteiger partial charge in [0.1, 0.15) is 5.57 Å².